The topological polar surface area (TPSA) is 52.6 Å². The zero-order valence-corrected chi connectivity index (χ0v) is 14.4. The molecule has 0 heterocycles. The highest BCUT2D eigenvalue weighted by atomic mass is 16.5. The van der Waals surface area contributed by atoms with Crippen molar-refractivity contribution in [2.75, 3.05) is 13.2 Å². The summed E-state index contributed by atoms with van der Waals surface area (Å²) in [7, 11) is 0. The van der Waals surface area contributed by atoms with Gasteiger partial charge in [0.05, 0.1) is 18.8 Å². The van der Waals surface area contributed by atoms with E-state index < -0.39 is 11.9 Å². The van der Waals surface area contributed by atoms with Crippen LogP contribution in [0.1, 0.15) is 46.1 Å². The van der Waals surface area contributed by atoms with Crippen LogP contribution in [0.25, 0.3) is 5.57 Å². The van der Waals surface area contributed by atoms with Gasteiger partial charge in [0, 0.05) is 6.08 Å². The summed E-state index contributed by atoms with van der Waals surface area (Å²) in [5.74, 6) is -1.04. The molecule has 4 nitrogen and oxygen atoms in total. The van der Waals surface area contributed by atoms with Crippen LogP contribution >= 0.6 is 0 Å². The van der Waals surface area contributed by atoms with Crippen molar-refractivity contribution in [2.45, 2.75) is 40.5 Å². The highest BCUT2D eigenvalue weighted by molar-refractivity contribution is 6.20. The Labute approximate surface area is 138 Å². The predicted molar refractivity (Wildman–Crippen MR) is 90.7 cm³/mol. The molecule has 0 aliphatic rings. The van der Waals surface area contributed by atoms with Crippen LogP contribution in [-0.4, -0.2) is 25.2 Å². The lowest BCUT2D eigenvalue weighted by Crippen LogP contribution is -2.19. The molecule has 0 bridgehead atoms. The normalized spacial score (nSPS) is 11.9. The third kappa shape index (κ3) is 7.63. The van der Waals surface area contributed by atoms with Crippen LogP contribution in [0, 0.1) is 5.41 Å². The Morgan fingerprint density at radius 1 is 1.09 bits per heavy atom. The van der Waals surface area contributed by atoms with Gasteiger partial charge in [0.25, 0.3) is 0 Å². The van der Waals surface area contributed by atoms with E-state index in [4.69, 9.17) is 9.47 Å². The Balaban J connectivity index is 2.89. The summed E-state index contributed by atoms with van der Waals surface area (Å²) < 4.78 is 10.4. The van der Waals surface area contributed by atoms with Crippen molar-refractivity contribution < 1.29 is 19.1 Å². The largest absolute Gasteiger partial charge is 0.463 e. The second kappa shape index (κ2) is 9.13. The molecule has 0 aliphatic heterocycles. The molecule has 126 valence electrons. The first kappa shape index (κ1) is 18.9. The van der Waals surface area contributed by atoms with Crippen LogP contribution in [0.15, 0.2) is 36.4 Å². The lowest BCUT2D eigenvalue weighted by molar-refractivity contribution is -0.141. The van der Waals surface area contributed by atoms with Crippen LogP contribution in [0.3, 0.4) is 0 Å². The van der Waals surface area contributed by atoms with Crippen molar-refractivity contribution in [3.05, 3.63) is 42.0 Å². The molecule has 0 saturated heterocycles. The Hall–Kier alpha value is -2.10. The van der Waals surface area contributed by atoms with Crippen molar-refractivity contribution in [1.82, 2.24) is 0 Å². The third-order valence-electron chi connectivity index (χ3n) is 2.95. The van der Waals surface area contributed by atoms with Crippen LogP contribution < -0.4 is 0 Å². The van der Waals surface area contributed by atoms with Gasteiger partial charge in [-0.15, -0.1) is 0 Å². The number of carbonyl (C=O) groups excluding carboxylic acids is 2. The SMILES string of the molecule is CCCCOC(=O)/C=C(/C(=O)OCC(C)(C)C)c1ccccc1. The maximum Gasteiger partial charge on any atom is 0.339 e. The smallest absolute Gasteiger partial charge is 0.339 e. The summed E-state index contributed by atoms with van der Waals surface area (Å²) in [6, 6.07) is 9.00. The minimum Gasteiger partial charge on any atom is -0.463 e. The van der Waals surface area contributed by atoms with Gasteiger partial charge in [0.15, 0.2) is 0 Å². The van der Waals surface area contributed by atoms with Crippen LogP contribution in [0.5, 0.6) is 0 Å². The first-order valence-electron chi connectivity index (χ1n) is 7.94. The van der Waals surface area contributed by atoms with Gasteiger partial charge < -0.3 is 9.47 Å². The van der Waals surface area contributed by atoms with Crippen LogP contribution in [0.4, 0.5) is 0 Å². The van der Waals surface area contributed by atoms with Crippen LogP contribution in [0.2, 0.25) is 0 Å². The molecule has 0 radical (unpaired) electrons. The second-order valence-corrected chi connectivity index (χ2v) is 6.58. The first-order chi connectivity index (χ1) is 10.8. The van der Waals surface area contributed by atoms with E-state index in [1.807, 2.05) is 45.9 Å². The molecule has 0 N–H and O–H groups in total. The molecule has 1 rings (SSSR count). The zero-order chi connectivity index (χ0) is 17.3. The maximum atomic E-state index is 12.4. The molecular formula is C19H26O4. The number of unbranched alkanes of at least 4 members (excludes halogenated alkanes) is 1. The fraction of sp³-hybridized carbons (Fsp3) is 0.474. The number of ether oxygens (including phenoxy) is 2. The third-order valence-corrected chi connectivity index (χ3v) is 2.95. The number of hydrogen-bond donors (Lipinski definition) is 0. The quantitative estimate of drug-likeness (QED) is 0.433. The summed E-state index contributed by atoms with van der Waals surface area (Å²) in [6.45, 7) is 8.58. The molecule has 4 heteroatoms. The number of benzene rings is 1. The highest BCUT2D eigenvalue weighted by Gasteiger charge is 2.19. The number of esters is 2. The molecule has 0 unspecified atom stereocenters. The van der Waals surface area contributed by atoms with Crippen molar-refractivity contribution in [2.24, 2.45) is 5.41 Å². The predicted octanol–water partition coefficient (Wildman–Crippen LogP) is 4.00. The van der Waals surface area contributed by atoms with E-state index in [2.05, 4.69) is 0 Å². The molecule has 0 amide bonds. The summed E-state index contributed by atoms with van der Waals surface area (Å²) in [5, 5.41) is 0. The van der Waals surface area contributed by atoms with Gasteiger partial charge in [-0.2, -0.15) is 0 Å². The van der Waals surface area contributed by atoms with E-state index in [0.29, 0.717) is 12.2 Å². The Morgan fingerprint density at radius 2 is 1.74 bits per heavy atom. The van der Waals surface area contributed by atoms with Crippen LogP contribution in [-0.2, 0) is 19.1 Å². The van der Waals surface area contributed by atoms with E-state index >= 15 is 0 Å². The Bertz CT molecular complexity index is 538. The molecule has 0 aliphatic carbocycles. The fourth-order valence-electron chi connectivity index (χ4n) is 1.71. The molecule has 0 atom stereocenters. The standard InChI is InChI=1S/C19H26O4/c1-5-6-12-22-17(20)13-16(15-10-8-7-9-11-15)18(21)23-14-19(2,3)4/h7-11,13H,5-6,12,14H2,1-4H3/b16-13+. The molecule has 0 aromatic heterocycles. The molecule has 1 aromatic carbocycles. The van der Waals surface area contributed by atoms with Gasteiger partial charge >= 0.3 is 11.9 Å². The van der Waals surface area contributed by atoms with Crippen molar-refractivity contribution in [3.8, 4) is 0 Å². The monoisotopic (exact) mass is 318 g/mol. The first-order valence-corrected chi connectivity index (χ1v) is 7.94. The van der Waals surface area contributed by atoms with E-state index in [0.717, 1.165) is 12.8 Å². The van der Waals surface area contributed by atoms with Gasteiger partial charge in [-0.25, -0.2) is 9.59 Å². The maximum absolute atomic E-state index is 12.4. The van der Waals surface area contributed by atoms with E-state index in [1.165, 1.54) is 6.08 Å². The van der Waals surface area contributed by atoms with Crippen molar-refractivity contribution in [1.29, 1.82) is 0 Å². The van der Waals surface area contributed by atoms with Gasteiger partial charge in [0.2, 0.25) is 0 Å². The molecule has 0 spiro atoms. The summed E-state index contributed by atoms with van der Waals surface area (Å²) >= 11 is 0. The molecule has 23 heavy (non-hydrogen) atoms. The second-order valence-electron chi connectivity index (χ2n) is 6.58. The average Bonchev–Trinajstić information content (AvgIpc) is 2.51. The lowest BCUT2D eigenvalue weighted by Gasteiger charge is -2.18. The lowest BCUT2D eigenvalue weighted by atomic mass is 9.98. The zero-order valence-electron chi connectivity index (χ0n) is 14.4. The van der Waals surface area contributed by atoms with Gasteiger partial charge in [-0.05, 0) is 17.4 Å². The Morgan fingerprint density at radius 3 is 2.30 bits per heavy atom. The van der Waals surface area contributed by atoms with E-state index in [9.17, 15) is 9.59 Å². The van der Waals surface area contributed by atoms with Gasteiger partial charge in [-0.1, -0.05) is 64.4 Å². The number of rotatable bonds is 7. The molecule has 1 aromatic rings. The highest BCUT2D eigenvalue weighted by Crippen LogP contribution is 2.19. The van der Waals surface area contributed by atoms with Gasteiger partial charge in [-0.3, -0.25) is 0 Å². The number of carbonyl (C=O) groups is 2. The van der Waals surface area contributed by atoms with E-state index in [-0.39, 0.29) is 17.6 Å². The van der Waals surface area contributed by atoms with Crippen molar-refractivity contribution >= 4 is 17.5 Å². The minimum absolute atomic E-state index is 0.140. The van der Waals surface area contributed by atoms with Gasteiger partial charge in [0.1, 0.15) is 0 Å². The molecule has 0 saturated carbocycles. The van der Waals surface area contributed by atoms with E-state index in [1.54, 1.807) is 12.1 Å². The minimum atomic E-state index is -0.523. The Kier molecular flexibility index (Phi) is 7.52. The fourth-order valence-corrected chi connectivity index (χ4v) is 1.71. The summed E-state index contributed by atoms with van der Waals surface area (Å²) in [5.41, 5.74) is 0.717. The number of hydrogen-bond acceptors (Lipinski definition) is 4. The molecular weight excluding hydrogens is 292 g/mol. The average molecular weight is 318 g/mol. The summed E-state index contributed by atoms with van der Waals surface area (Å²) in [6.07, 6.45) is 2.96. The van der Waals surface area contributed by atoms with Crippen molar-refractivity contribution in [3.63, 3.8) is 0 Å². The summed E-state index contributed by atoms with van der Waals surface area (Å²) in [4.78, 5) is 24.3. The molecule has 0 fully saturated rings.